The molecule has 0 bridgehead atoms. The quantitative estimate of drug-likeness (QED) is 0.156. The lowest BCUT2D eigenvalue weighted by Crippen LogP contribution is -2.07. The number of thiophene rings is 1. The minimum atomic E-state index is -4.55. The Bertz CT molecular complexity index is 2690. The summed E-state index contributed by atoms with van der Waals surface area (Å²) in [5, 5.41) is 7.45. The van der Waals surface area contributed by atoms with Gasteiger partial charge in [-0.05, 0) is 134 Å². The molecule has 0 aliphatic carbocycles. The SMILES string of the molecule is Cc1ccc(-c2cc(Br)sc2-c2ccc(F)cc2)cc1.Cc1ccc(-c2cc(C(F)(F)F)nn2-c2ccc(C)cc2)cc1.Cc1ccc(-n2nc(C(F)(F)F)cc2-c2ccc(F)cc2)cc1. The van der Waals surface area contributed by atoms with Crippen LogP contribution < -0.4 is 0 Å². The largest absolute Gasteiger partial charge is 0.435 e. The van der Waals surface area contributed by atoms with E-state index in [1.807, 2.05) is 57.2 Å². The van der Waals surface area contributed by atoms with Crippen LogP contribution >= 0.6 is 27.3 Å². The molecule has 0 unspecified atom stereocenters. The van der Waals surface area contributed by atoms with E-state index in [1.54, 1.807) is 59.9 Å². The van der Waals surface area contributed by atoms with Crippen LogP contribution in [0.25, 0.3) is 55.5 Å². The molecule has 0 fully saturated rings. The maximum Gasteiger partial charge on any atom is 0.435 e. The Morgan fingerprint density at radius 3 is 1.11 bits per heavy atom. The van der Waals surface area contributed by atoms with Crippen molar-refractivity contribution in [2.75, 3.05) is 0 Å². The summed E-state index contributed by atoms with van der Waals surface area (Å²) < 4.78 is 108. The van der Waals surface area contributed by atoms with Crippen molar-refractivity contribution in [3.63, 3.8) is 0 Å². The fourth-order valence-electron chi connectivity index (χ4n) is 6.69. The Labute approximate surface area is 388 Å². The number of hydrogen-bond acceptors (Lipinski definition) is 3. The third-order valence-corrected chi connectivity index (χ3v) is 11.9. The molecule has 0 atom stereocenters. The molecule has 66 heavy (non-hydrogen) atoms. The molecule has 0 saturated heterocycles. The minimum absolute atomic E-state index is 0.207. The second-order valence-corrected chi connectivity index (χ2v) is 17.8. The zero-order valence-electron chi connectivity index (χ0n) is 35.7. The number of aromatic nitrogens is 4. The maximum atomic E-state index is 13.1. The first-order chi connectivity index (χ1) is 31.3. The minimum Gasteiger partial charge on any atom is -0.233 e. The van der Waals surface area contributed by atoms with Crippen LogP contribution in [0.4, 0.5) is 35.1 Å². The highest BCUT2D eigenvalue weighted by atomic mass is 79.9. The lowest BCUT2D eigenvalue weighted by molar-refractivity contribution is -0.142. The molecule has 14 heteroatoms. The van der Waals surface area contributed by atoms with E-state index in [4.69, 9.17) is 0 Å². The van der Waals surface area contributed by atoms with Crippen molar-refractivity contribution >= 4 is 27.3 Å². The first kappa shape index (κ1) is 47.3. The summed E-state index contributed by atoms with van der Waals surface area (Å²) in [5.41, 5.74) is 8.74. The van der Waals surface area contributed by atoms with Crippen molar-refractivity contribution in [2.24, 2.45) is 0 Å². The Morgan fingerprint density at radius 2 is 0.742 bits per heavy atom. The molecule has 9 aromatic rings. The molecule has 9 rings (SSSR count). The first-order valence-corrected chi connectivity index (χ1v) is 21.9. The highest BCUT2D eigenvalue weighted by Gasteiger charge is 2.36. The lowest BCUT2D eigenvalue weighted by atomic mass is 10.0. The molecule has 3 aromatic heterocycles. The summed E-state index contributed by atoms with van der Waals surface area (Å²) in [6, 6.07) is 46.1. The summed E-state index contributed by atoms with van der Waals surface area (Å²) >= 11 is 5.22. The van der Waals surface area contributed by atoms with Gasteiger partial charge in [-0.25, -0.2) is 18.1 Å². The smallest absolute Gasteiger partial charge is 0.233 e. The normalized spacial score (nSPS) is 11.4. The van der Waals surface area contributed by atoms with E-state index >= 15 is 0 Å². The fourth-order valence-corrected chi connectivity index (χ4v) is 8.31. The van der Waals surface area contributed by atoms with Crippen LogP contribution in [0.1, 0.15) is 33.6 Å². The van der Waals surface area contributed by atoms with Crippen LogP contribution in [0, 0.1) is 39.3 Å². The maximum absolute atomic E-state index is 13.1. The van der Waals surface area contributed by atoms with Crippen molar-refractivity contribution in [2.45, 2.75) is 40.0 Å². The van der Waals surface area contributed by atoms with Gasteiger partial charge in [0, 0.05) is 21.6 Å². The molecule has 336 valence electrons. The van der Waals surface area contributed by atoms with Crippen molar-refractivity contribution in [1.29, 1.82) is 0 Å². The molecule has 0 amide bonds. The van der Waals surface area contributed by atoms with Crippen LogP contribution in [-0.2, 0) is 12.4 Å². The zero-order valence-corrected chi connectivity index (χ0v) is 38.1. The van der Waals surface area contributed by atoms with Gasteiger partial charge in [-0.1, -0.05) is 107 Å². The molecule has 0 radical (unpaired) electrons. The average Bonchev–Trinajstić information content (AvgIpc) is 4.04. The molecular weight excluding hydrogens is 945 g/mol. The van der Waals surface area contributed by atoms with Gasteiger partial charge in [0.2, 0.25) is 0 Å². The fraction of sp³-hybridized carbons (Fsp3) is 0.115. The highest BCUT2D eigenvalue weighted by Crippen LogP contribution is 2.42. The van der Waals surface area contributed by atoms with Gasteiger partial charge >= 0.3 is 12.4 Å². The molecule has 3 heterocycles. The Morgan fingerprint density at radius 1 is 0.424 bits per heavy atom. The Hall–Kier alpha value is -6.64. The standard InChI is InChI=1S/C18H15F3N2.C17H12BrFS.C17H12F4N2/c1-12-3-7-14(8-4-12)16-11-17(18(19,20)21)22-23(16)15-9-5-13(2)6-10-15;1-11-2-4-12(5-3-11)15-10-16(18)20-17(15)13-6-8-14(19)9-7-13;1-11-2-8-14(9-3-11)23-15(10-16(22-23)17(19,20)21)12-4-6-13(18)7-5-12/h3-11H,1-2H3;2-10H,1H3;2-10H,1H3. The van der Waals surface area contributed by atoms with Gasteiger partial charge in [0.25, 0.3) is 0 Å². The third kappa shape index (κ3) is 11.6. The van der Waals surface area contributed by atoms with E-state index < -0.39 is 29.6 Å². The molecule has 0 N–H and O–H groups in total. The summed E-state index contributed by atoms with van der Waals surface area (Å²) in [7, 11) is 0. The van der Waals surface area contributed by atoms with Crippen molar-refractivity contribution in [3.8, 4) is 55.5 Å². The van der Waals surface area contributed by atoms with Gasteiger partial charge in [-0.2, -0.15) is 36.5 Å². The first-order valence-electron chi connectivity index (χ1n) is 20.3. The number of hydrogen-bond donors (Lipinski definition) is 0. The van der Waals surface area contributed by atoms with Crippen LogP contribution in [0.5, 0.6) is 0 Å². The van der Waals surface area contributed by atoms with E-state index in [0.29, 0.717) is 28.2 Å². The van der Waals surface area contributed by atoms with Gasteiger partial charge in [-0.15, -0.1) is 11.3 Å². The molecule has 0 saturated carbocycles. The van der Waals surface area contributed by atoms with Crippen molar-refractivity contribution in [3.05, 3.63) is 213 Å². The summed E-state index contributed by atoms with van der Waals surface area (Å²) in [5.74, 6) is -0.660. The molecule has 4 nitrogen and oxygen atoms in total. The molecule has 0 spiro atoms. The summed E-state index contributed by atoms with van der Waals surface area (Å²) in [4.78, 5) is 1.15. The van der Waals surface area contributed by atoms with E-state index in [2.05, 4.69) is 63.4 Å². The summed E-state index contributed by atoms with van der Waals surface area (Å²) in [6.07, 6.45) is -9.03. The topological polar surface area (TPSA) is 35.6 Å². The van der Waals surface area contributed by atoms with Crippen molar-refractivity contribution < 1.29 is 35.1 Å². The predicted molar refractivity (Wildman–Crippen MR) is 250 cm³/mol. The number of halogens is 9. The van der Waals surface area contributed by atoms with Gasteiger partial charge < -0.3 is 0 Å². The third-order valence-electron chi connectivity index (χ3n) is 10.2. The highest BCUT2D eigenvalue weighted by molar-refractivity contribution is 9.11. The molecule has 6 aromatic carbocycles. The number of rotatable bonds is 6. The van der Waals surface area contributed by atoms with Crippen LogP contribution in [-0.4, -0.2) is 19.6 Å². The number of alkyl halides is 6. The predicted octanol–water partition coefficient (Wildman–Crippen LogP) is 16.5. The average molecular weight is 984 g/mol. The lowest BCUT2D eigenvalue weighted by Gasteiger charge is -2.08. The van der Waals surface area contributed by atoms with Gasteiger partial charge in [0.05, 0.1) is 26.5 Å². The molecule has 0 aliphatic rings. The number of benzene rings is 6. The second kappa shape index (κ2) is 19.8. The van der Waals surface area contributed by atoms with Crippen molar-refractivity contribution in [1.82, 2.24) is 19.6 Å². The number of nitrogens with zero attached hydrogens (tertiary/aromatic N) is 4. The zero-order chi connectivity index (χ0) is 47.3. The second-order valence-electron chi connectivity index (χ2n) is 15.4. The van der Waals surface area contributed by atoms with E-state index in [-0.39, 0.29) is 11.5 Å². The molecular formula is C52H39BrF8N4S. The van der Waals surface area contributed by atoms with E-state index in [9.17, 15) is 35.1 Å². The van der Waals surface area contributed by atoms with Crippen LogP contribution in [0.3, 0.4) is 0 Å². The van der Waals surface area contributed by atoms with Gasteiger partial charge in [-0.3, -0.25) is 0 Å². The van der Waals surface area contributed by atoms with Crippen LogP contribution in [0.2, 0.25) is 0 Å². The summed E-state index contributed by atoms with van der Waals surface area (Å²) in [6.45, 7) is 7.82. The van der Waals surface area contributed by atoms with Gasteiger partial charge in [0.15, 0.2) is 11.4 Å². The molecule has 0 aliphatic heterocycles. The van der Waals surface area contributed by atoms with Gasteiger partial charge in [0.1, 0.15) is 11.6 Å². The van der Waals surface area contributed by atoms with E-state index in [1.165, 1.54) is 62.5 Å². The number of aryl methyl sites for hydroxylation is 4. The van der Waals surface area contributed by atoms with Crippen LogP contribution in [0.15, 0.2) is 168 Å². The Kier molecular flexibility index (Phi) is 14.2. The monoisotopic (exact) mass is 982 g/mol. The Balaban J connectivity index is 0.000000148. The van der Waals surface area contributed by atoms with E-state index in [0.717, 1.165) is 43.1 Å².